The van der Waals surface area contributed by atoms with E-state index in [2.05, 4.69) is 21.6 Å². The number of thiophene rings is 1. The lowest BCUT2D eigenvalue weighted by Gasteiger charge is -2.08. The predicted octanol–water partition coefficient (Wildman–Crippen LogP) is 3.55. The van der Waals surface area contributed by atoms with E-state index < -0.39 is 0 Å². The minimum atomic E-state index is -0.181. The van der Waals surface area contributed by atoms with Crippen LogP contribution < -0.4 is 5.32 Å². The van der Waals surface area contributed by atoms with Crippen molar-refractivity contribution in [2.75, 3.05) is 11.1 Å². The normalized spacial score (nSPS) is 10.4. The lowest BCUT2D eigenvalue weighted by atomic mass is 10.2. The summed E-state index contributed by atoms with van der Waals surface area (Å²) in [6, 6.07) is 11.8. The molecular weight excluding hydrogens is 354 g/mol. The minimum Gasteiger partial charge on any atom is -0.316 e. The molecule has 0 aliphatic carbocycles. The van der Waals surface area contributed by atoms with Gasteiger partial charge in [-0.25, -0.2) is 0 Å². The number of benzene rings is 1. The highest BCUT2D eigenvalue weighted by molar-refractivity contribution is 7.99. The third kappa shape index (κ3) is 3.90. The van der Waals surface area contributed by atoms with Crippen molar-refractivity contribution in [1.82, 2.24) is 14.8 Å². The summed E-state index contributed by atoms with van der Waals surface area (Å²) in [4.78, 5) is 12.2. The molecule has 3 rings (SSSR count). The summed E-state index contributed by atoms with van der Waals surface area (Å²) in [5.74, 6) is 0.768. The Morgan fingerprint density at radius 1 is 1.28 bits per heavy atom. The molecule has 0 aliphatic heterocycles. The van der Waals surface area contributed by atoms with Crippen molar-refractivity contribution in [3.8, 4) is 11.8 Å². The number of rotatable bonds is 5. The average molecular weight is 369 g/mol. The number of amides is 1. The van der Waals surface area contributed by atoms with Crippen LogP contribution in [0.3, 0.4) is 0 Å². The Morgan fingerprint density at radius 2 is 2.04 bits per heavy atom. The van der Waals surface area contributed by atoms with E-state index in [9.17, 15) is 4.79 Å². The van der Waals surface area contributed by atoms with Crippen LogP contribution in [0.5, 0.6) is 0 Å². The molecule has 126 valence electrons. The molecule has 2 aromatic heterocycles. The van der Waals surface area contributed by atoms with Gasteiger partial charge in [0.15, 0.2) is 5.16 Å². The lowest BCUT2D eigenvalue weighted by molar-refractivity contribution is -0.113. The van der Waals surface area contributed by atoms with Crippen molar-refractivity contribution < 1.29 is 4.79 Å². The van der Waals surface area contributed by atoms with Gasteiger partial charge in [-0.1, -0.05) is 29.5 Å². The van der Waals surface area contributed by atoms with Gasteiger partial charge in [0.2, 0.25) is 5.91 Å². The molecule has 0 spiro atoms. The summed E-state index contributed by atoms with van der Waals surface area (Å²) in [6.07, 6.45) is 0. The number of anilines is 1. The number of hydrogen-bond donors (Lipinski definition) is 1. The zero-order chi connectivity index (χ0) is 17.8. The van der Waals surface area contributed by atoms with Crippen LogP contribution in [0.2, 0.25) is 0 Å². The smallest absolute Gasteiger partial charge is 0.235 e. The summed E-state index contributed by atoms with van der Waals surface area (Å²) in [7, 11) is 0. The maximum absolute atomic E-state index is 12.2. The fourth-order valence-electron chi connectivity index (χ4n) is 2.21. The molecule has 0 unspecified atom stereocenters. The number of aromatic nitrogens is 3. The first-order valence-electron chi connectivity index (χ1n) is 7.48. The lowest BCUT2D eigenvalue weighted by Crippen LogP contribution is -2.14. The van der Waals surface area contributed by atoms with E-state index in [1.807, 2.05) is 42.7 Å². The first-order chi connectivity index (χ1) is 12.1. The molecule has 0 atom stereocenters. The quantitative estimate of drug-likeness (QED) is 0.695. The van der Waals surface area contributed by atoms with Gasteiger partial charge in [0.25, 0.3) is 0 Å². The Hall–Kier alpha value is -2.63. The second kappa shape index (κ2) is 7.51. The fraction of sp³-hybridized carbons (Fsp3) is 0.176. The van der Waals surface area contributed by atoms with Crippen molar-refractivity contribution >= 4 is 34.0 Å². The Bertz CT molecular complexity index is 937. The third-order valence-corrected chi connectivity index (χ3v) is 5.22. The van der Waals surface area contributed by atoms with Crippen LogP contribution >= 0.6 is 23.1 Å². The topological polar surface area (TPSA) is 83.6 Å². The molecule has 0 aliphatic rings. The van der Waals surface area contributed by atoms with Crippen molar-refractivity contribution in [2.24, 2.45) is 0 Å². The number of carbonyl (C=O) groups is 1. The number of hydrogen-bond acceptors (Lipinski definition) is 6. The molecule has 1 amide bonds. The summed E-state index contributed by atoms with van der Waals surface area (Å²) in [5, 5.41) is 23.0. The van der Waals surface area contributed by atoms with E-state index in [1.165, 1.54) is 28.7 Å². The number of aryl methyl sites for hydroxylation is 2. The number of nitrogens with one attached hydrogen (secondary N) is 1. The summed E-state index contributed by atoms with van der Waals surface area (Å²) < 4.78 is 1.92. The van der Waals surface area contributed by atoms with Crippen molar-refractivity contribution in [3.63, 3.8) is 0 Å². The van der Waals surface area contributed by atoms with Gasteiger partial charge in [-0.15, -0.1) is 21.5 Å². The molecule has 8 heteroatoms. The number of carbonyl (C=O) groups excluding carboxylic acids is 1. The molecule has 6 nitrogen and oxygen atoms in total. The minimum absolute atomic E-state index is 0.181. The standard InChI is InChI=1S/C17H15N5OS2/c1-11-3-5-14(6-4-11)22-12(2)20-21-17(22)25-10-15(23)19-16-13(9-18)7-8-24-16/h3-8H,10H2,1-2H3,(H,19,23). The first-order valence-corrected chi connectivity index (χ1v) is 9.34. The van der Waals surface area contributed by atoms with E-state index in [1.54, 1.807) is 11.4 Å². The van der Waals surface area contributed by atoms with E-state index in [0.29, 0.717) is 15.7 Å². The largest absolute Gasteiger partial charge is 0.316 e. The molecule has 0 saturated heterocycles. The van der Waals surface area contributed by atoms with Crippen LogP contribution in [-0.2, 0) is 4.79 Å². The maximum Gasteiger partial charge on any atom is 0.235 e. The Kier molecular flexibility index (Phi) is 5.16. The van der Waals surface area contributed by atoms with Gasteiger partial charge in [0.1, 0.15) is 16.9 Å². The van der Waals surface area contributed by atoms with Crippen LogP contribution in [-0.4, -0.2) is 26.4 Å². The summed E-state index contributed by atoms with van der Waals surface area (Å²) in [6.45, 7) is 3.91. The Balaban J connectivity index is 1.71. The molecule has 0 radical (unpaired) electrons. The van der Waals surface area contributed by atoms with E-state index in [-0.39, 0.29) is 11.7 Å². The summed E-state index contributed by atoms with van der Waals surface area (Å²) >= 11 is 2.64. The number of nitrogens with zero attached hydrogens (tertiary/aromatic N) is 4. The van der Waals surface area contributed by atoms with E-state index >= 15 is 0 Å². The van der Waals surface area contributed by atoms with Crippen LogP contribution in [0.4, 0.5) is 5.00 Å². The zero-order valence-corrected chi connectivity index (χ0v) is 15.3. The van der Waals surface area contributed by atoms with Crippen molar-refractivity contribution in [1.29, 1.82) is 5.26 Å². The van der Waals surface area contributed by atoms with Crippen molar-refractivity contribution in [2.45, 2.75) is 19.0 Å². The first kappa shape index (κ1) is 17.2. The van der Waals surface area contributed by atoms with Gasteiger partial charge in [-0.3, -0.25) is 9.36 Å². The molecule has 1 aromatic carbocycles. The Morgan fingerprint density at radius 3 is 2.76 bits per heavy atom. The predicted molar refractivity (Wildman–Crippen MR) is 99.2 cm³/mol. The summed E-state index contributed by atoms with van der Waals surface area (Å²) in [5.41, 5.74) is 2.61. The fourth-order valence-corrected chi connectivity index (χ4v) is 3.77. The Labute approximate surface area is 153 Å². The van der Waals surface area contributed by atoms with Gasteiger partial charge >= 0.3 is 0 Å². The molecule has 0 bridgehead atoms. The van der Waals surface area contributed by atoms with Crippen LogP contribution in [0.1, 0.15) is 17.0 Å². The third-order valence-electron chi connectivity index (χ3n) is 3.46. The number of thioether (sulfide) groups is 1. The number of nitriles is 1. The van der Waals surface area contributed by atoms with Gasteiger partial charge in [-0.2, -0.15) is 5.26 Å². The molecule has 3 aromatic rings. The highest BCUT2D eigenvalue weighted by atomic mass is 32.2. The highest BCUT2D eigenvalue weighted by Gasteiger charge is 2.14. The SMILES string of the molecule is Cc1ccc(-n2c(C)nnc2SCC(=O)Nc2sccc2C#N)cc1. The average Bonchev–Trinajstić information content (AvgIpc) is 3.20. The van der Waals surface area contributed by atoms with Crippen LogP contribution in [0, 0.1) is 25.2 Å². The molecule has 25 heavy (non-hydrogen) atoms. The second-order valence-corrected chi connectivity index (χ2v) is 7.17. The van der Waals surface area contributed by atoms with Crippen LogP contribution in [0.25, 0.3) is 5.69 Å². The van der Waals surface area contributed by atoms with Crippen LogP contribution in [0.15, 0.2) is 40.9 Å². The molecule has 2 heterocycles. The highest BCUT2D eigenvalue weighted by Crippen LogP contribution is 2.24. The van der Waals surface area contributed by atoms with Gasteiger partial charge in [-0.05, 0) is 37.4 Å². The van der Waals surface area contributed by atoms with Gasteiger partial charge in [0.05, 0.1) is 11.3 Å². The molecular formula is C17H15N5OS2. The maximum atomic E-state index is 12.2. The van der Waals surface area contributed by atoms with Gasteiger partial charge < -0.3 is 5.32 Å². The molecule has 0 saturated carbocycles. The van der Waals surface area contributed by atoms with E-state index in [0.717, 1.165) is 11.5 Å². The second-order valence-electron chi connectivity index (χ2n) is 5.31. The van der Waals surface area contributed by atoms with Gasteiger partial charge in [0, 0.05) is 5.69 Å². The zero-order valence-electron chi connectivity index (χ0n) is 13.7. The van der Waals surface area contributed by atoms with Crippen molar-refractivity contribution in [3.05, 3.63) is 52.7 Å². The monoisotopic (exact) mass is 369 g/mol. The molecule has 0 fully saturated rings. The molecule has 1 N–H and O–H groups in total. The van der Waals surface area contributed by atoms with E-state index in [4.69, 9.17) is 5.26 Å².